The second-order valence-electron chi connectivity index (χ2n) is 4.31. The van der Waals surface area contributed by atoms with Crippen molar-refractivity contribution in [3.05, 3.63) is 22.2 Å². The second-order valence-corrected chi connectivity index (χ2v) is 7.49. The number of ether oxygens (including phenoxy) is 2. The van der Waals surface area contributed by atoms with Gasteiger partial charge in [0.25, 0.3) is 11.8 Å². The number of halogens is 1. The third kappa shape index (κ3) is 3.41. The largest absolute Gasteiger partial charge is 0.477 e. The Balaban J connectivity index is 2.65. The van der Waals surface area contributed by atoms with E-state index in [4.69, 9.17) is 18.5 Å². The molecule has 0 unspecified atom stereocenters. The highest BCUT2D eigenvalue weighted by Gasteiger charge is 2.24. The lowest BCUT2D eigenvalue weighted by atomic mass is 10.2. The van der Waals surface area contributed by atoms with Crippen molar-refractivity contribution in [1.29, 1.82) is 0 Å². The van der Waals surface area contributed by atoms with Crippen LogP contribution < -0.4 is 9.47 Å². The predicted molar refractivity (Wildman–Crippen MR) is 85.7 cm³/mol. The Morgan fingerprint density at radius 3 is 2.18 bits per heavy atom. The van der Waals surface area contributed by atoms with E-state index in [9.17, 15) is 4.57 Å². The molecule has 2 aromatic rings. The van der Waals surface area contributed by atoms with E-state index in [2.05, 4.69) is 25.9 Å². The van der Waals surface area contributed by atoms with Crippen molar-refractivity contribution in [3.8, 4) is 11.8 Å². The van der Waals surface area contributed by atoms with Crippen LogP contribution in [0.15, 0.2) is 16.6 Å². The van der Waals surface area contributed by atoms with Crippen molar-refractivity contribution in [2.24, 2.45) is 0 Å². The third-order valence-corrected chi connectivity index (χ3v) is 5.36. The molecule has 0 aliphatic heterocycles. The molecule has 0 aliphatic rings. The quantitative estimate of drug-likeness (QED) is 0.699. The first-order chi connectivity index (χ1) is 10.5. The summed E-state index contributed by atoms with van der Waals surface area (Å²) in [7, 11) is 2.43. The summed E-state index contributed by atoms with van der Waals surface area (Å²) in [5.74, 6) is 0.531. The van der Waals surface area contributed by atoms with Gasteiger partial charge in [0.05, 0.1) is 31.4 Å². The first-order valence-corrected chi connectivity index (χ1v) is 8.77. The number of methoxy groups -OCH3 is 2. The number of nitrogens with zero attached hydrogens (tertiary/aromatic N) is 2. The Labute approximate surface area is 136 Å². The van der Waals surface area contributed by atoms with E-state index in [0.29, 0.717) is 16.6 Å². The maximum Gasteiger partial charge on any atom is 0.334 e. The van der Waals surface area contributed by atoms with Crippen LogP contribution in [-0.4, -0.2) is 38.4 Å². The molecule has 1 heterocycles. The number of hydrogen-bond donors (Lipinski definition) is 0. The highest BCUT2D eigenvalue weighted by Crippen LogP contribution is 2.50. The zero-order chi connectivity index (χ0) is 16.3. The number of benzene rings is 1. The SMILES string of the molecule is COc1nc2cc(Br)cc(CP(=O)(OC)OC)c2nc1OC. The fraction of sp³-hybridized carbons (Fsp3) is 0.385. The summed E-state index contributed by atoms with van der Waals surface area (Å²) in [6.07, 6.45) is 0.0695. The second kappa shape index (κ2) is 6.91. The smallest absolute Gasteiger partial charge is 0.334 e. The Morgan fingerprint density at radius 1 is 1.05 bits per heavy atom. The summed E-state index contributed by atoms with van der Waals surface area (Å²) < 4.78 is 33.5. The van der Waals surface area contributed by atoms with Gasteiger partial charge in [-0.25, -0.2) is 9.97 Å². The molecule has 0 aliphatic carbocycles. The van der Waals surface area contributed by atoms with Crippen LogP contribution in [0.1, 0.15) is 5.56 Å². The summed E-state index contributed by atoms with van der Waals surface area (Å²) in [5.41, 5.74) is 1.81. The van der Waals surface area contributed by atoms with Crippen molar-refractivity contribution in [1.82, 2.24) is 9.97 Å². The molecular weight excluding hydrogens is 375 g/mol. The van der Waals surface area contributed by atoms with Gasteiger partial charge in [-0.1, -0.05) is 15.9 Å². The van der Waals surface area contributed by atoms with Crippen molar-refractivity contribution in [2.45, 2.75) is 6.16 Å². The van der Waals surface area contributed by atoms with Crippen molar-refractivity contribution in [2.75, 3.05) is 28.4 Å². The van der Waals surface area contributed by atoms with Crippen LogP contribution in [-0.2, 0) is 19.8 Å². The van der Waals surface area contributed by atoms with E-state index in [0.717, 1.165) is 4.47 Å². The molecule has 0 spiro atoms. The van der Waals surface area contributed by atoms with Gasteiger partial charge >= 0.3 is 7.60 Å². The molecule has 0 bridgehead atoms. The first-order valence-electron chi connectivity index (χ1n) is 6.25. The fourth-order valence-corrected chi connectivity index (χ4v) is 3.52. The standard InChI is InChI=1S/C13H16BrN2O5P/c1-18-12-13(19-2)16-11-8(7-22(17,20-3)21-4)5-9(14)6-10(11)15-12/h5-6H,7H2,1-4H3. The molecule has 9 heteroatoms. The van der Waals surface area contributed by atoms with Crippen molar-refractivity contribution >= 4 is 34.6 Å². The minimum atomic E-state index is -3.23. The zero-order valence-electron chi connectivity index (χ0n) is 12.6. The van der Waals surface area contributed by atoms with Crippen LogP contribution in [0.5, 0.6) is 11.8 Å². The molecule has 0 N–H and O–H groups in total. The molecule has 7 nitrogen and oxygen atoms in total. The Kier molecular flexibility index (Phi) is 5.39. The minimum absolute atomic E-state index is 0.0695. The molecule has 0 atom stereocenters. The van der Waals surface area contributed by atoms with E-state index in [1.807, 2.05) is 0 Å². The number of rotatable bonds is 6. The summed E-state index contributed by atoms with van der Waals surface area (Å²) in [5, 5.41) is 0. The molecule has 1 aromatic carbocycles. The van der Waals surface area contributed by atoms with Gasteiger partial charge in [-0.15, -0.1) is 0 Å². The monoisotopic (exact) mass is 390 g/mol. The molecular formula is C13H16BrN2O5P. The minimum Gasteiger partial charge on any atom is -0.477 e. The molecule has 0 radical (unpaired) electrons. The van der Waals surface area contributed by atoms with Crippen molar-refractivity contribution < 1.29 is 23.1 Å². The molecule has 0 fully saturated rings. The lowest BCUT2D eigenvalue weighted by Gasteiger charge is -2.15. The summed E-state index contributed by atoms with van der Waals surface area (Å²) >= 11 is 3.41. The van der Waals surface area contributed by atoms with E-state index in [1.54, 1.807) is 12.1 Å². The van der Waals surface area contributed by atoms with Gasteiger partial charge in [0.2, 0.25) is 0 Å². The number of hydrogen-bond acceptors (Lipinski definition) is 7. The molecule has 22 heavy (non-hydrogen) atoms. The predicted octanol–water partition coefficient (Wildman–Crippen LogP) is 3.40. The summed E-state index contributed by atoms with van der Waals surface area (Å²) in [4.78, 5) is 8.75. The van der Waals surface area contributed by atoms with Crippen molar-refractivity contribution in [3.63, 3.8) is 0 Å². The molecule has 1 aromatic heterocycles. The molecule has 0 saturated carbocycles. The van der Waals surface area contributed by atoms with Gasteiger partial charge in [0.1, 0.15) is 0 Å². The molecule has 0 saturated heterocycles. The van der Waals surface area contributed by atoms with Gasteiger partial charge in [0, 0.05) is 18.7 Å². The topological polar surface area (TPSA) is 79.8 Å². The van der Waals surface area contributed by atoms with Crippen LogP contribution in [0, 0.1) is 0 Å². The van der Waals surface area contributed by atoms with Gasteiger partial charge in [-0.3, -0.25) is 4.57 Å². The van der Waals surface area contributed by atoms with Crippen LogP contribution >= 0.6 is 23.5 Å². The Morgan fingerprint density at radius 2 is 1.64 bits per heavy atom. The lowest BCUT2D eigenvalue weighted by Crippen LogP contribution is -2.01. The first kappa shape index (κ1) is 17.1. The van der Waals surface area contributed by atoms with E-state index in [-0.39, 0.29) is 17.9 Å². The third-order valence-electron chi connectivity index (χ3n) is 3.06. The van der Waals surface area contributed by atoms with Gasteiger partial charge in [-0.2, -0.15) is 0 Å². The summed E-state index contributed by atoms with van der Waals surface area (Å²) in [6.45, 7) is 0. The highest BCUT2D eigenvalue weighted by atomic mass is 79.9. The fourth-order valence-electron chi connectivity index (χ4n) is 1.96. The number of aromatic nitrogens is 2. The maximum atomic E-state index is 12.4. The zero-order valence-corrected chi connectivity index (χ0v) is 15.1. The average molecular weight is 391 g/mol. The molecule has 0 amide bonds. The number of fused-ring (bicyclic) bond motifs is 1. The normalized spacial score (nSPS) is 11.7. The van der Waals surface area contributed by atoms with E-state index >= 15 is 0 Å². The van der Waals surface area contributed by atoms with Gasteiger partial charge in [0.15, 0.2) is 0 Å². The Bertz CT molecular complexity index is 732. The maximum absolute atomic E-state index is 12.4. The lowest BCUT2D eigenvalue weighted by molar-refractivity contribution is 0.275. The van der Waals surface area contributed by atoms with Gasteiger partial charge in [-0.05, 0) is 17.7 Å². The van der Waals surface area contributed by atoms with Gasteiger partial charge < -0.3 is 18.5 Å². The Hall–Kier alpha value is -1.21. The van der Waals surface area contributed by atoms with Crippen LogP contribution in [0.4, 0.5) is 0 Å². The summed E-state index contributed by atoms with van der Waals surface area (Å²) in [6, 6.07) is 3.59. The average Bonchev–Trinajstić information content (AvgIpc) is 2.53. The van der Waals surface area contributed by atoms with Crippen LogP contribution in [0.25, 0.3) is 11.0 Å². The van der Waals surface area contributed by atoms with Crippen LogP contribution in [0.3, 0.4) is 0 Å². The van der Waals surface area contributed by atoms with E-state index < -0.39 is 7.60 Å². The molecule has 2 rings (SSSR count). The van der Waals surface area contributed by atoms with E-state index in [1.165, 1.54) is 28.4 Å². The highest BCUT2D eigenvalue weighted by molar-refractivity contribution is 9.10. The molecule has 120 valence electrons. The van der Waals surface area contributed by atoms with Crippen LogP contribution in [0.2, 0.25) is 0 Å².